The van der Waals surface area contributed by atoms with Gasteiger partial charge in [-0.3, -0.25) is 0 Å². The summed E-state index contributed by atoms with van der Waals surface area (Å²) in [5.74, 6) is 0. The van der Waals surface area contributed by atoms with Crippen LogP contribution in [0, 0.1) is 0 Å². The molecule has 0 bridgehead atoms. The minimum atomic E-state index is 0.634. The fourth-order valence-electron chi connectivity index (χ4n) is 1.79. The molecule has 0 heterocycles. The molecule has 1 rings (SSSR count). The predicted molar refractivity (Wildman–Crippen MR) is 54.2 cm³/mol. The molecule has 0 aromatic heterocycles. The minimum Gasteiger partial charge on any atom is -0.313 e. The second-order valence-corrected chi connectivity index (χ2v) is 3.35. The van der Waals surface area contributed by atoms with Crippen molar-refractivity contribution >= 4 is 0 Å². The van der Waals surface area contributed by atoms with E-state index in [0.29, 0.717) is 6.04 Å². The van der Waals surface area contributed by atoms with E-state index in [9.17, 15) is 0 Å². The lowest BCUT2D eigenvalue weighted by Crippen LogP contribution is -2.29. The van der Waals surface area contributed by atoms with Gasteiger partial charge in [-0.25, -0.2) is 0 Å². The highest BCUT2D eigenvalue weighted by atomic mass is 14.9. The van der Waals surface area contributed by atoms with Gasteiger partial charge in [-0.15, -0.1) is 0 Å². The average Bonchev–Trinajstić information content (AvgIpc) is 2.15. The van der Waals surface area contributed by atoms with Crippen LogP contribution in [0.1, 0.15) is 32.6 Å². The molecule has 1 nitrogen and oxygen atoms in total. The zero-order chi connectivity index (χ0) is 8.81. The van der Waals surface area contributed by atoms with E-state index in [0.717, 1.165) is 0 Å². The lowest BCUT2D eigenvalue weighted by Gasteiger charge is -2.24. The van der Waals surface area contributed by atoms with E-state index in [1.165, 1.54) is 25.7 Å². The van der Waals surface area contributed by atoms with Crippen molar-refractivity contribution in [3.8, 4) is 0 Å². The van der Waals surface area contributed by atoms with Gasteiger partial charge >= 0.3 is 0 Å². The fourth-order valence-corrected chi connectivity index (χ4v) is 1.79. The normalized spacial score (nSPS) is 28.5. The smallest absolute Gasteiger partial charge is 0.0279 e. The highest BCUT2D eigenvalue weighted by molar-refractivity contribution is 5.19. The Morgan fingerprint density at radius 2 is 2.25 bits per heavy atom. The molecule has 1 fully saturated rings. The molecule has 1 unspecified atom stereocenters. The highest BCUT2D eigenvalue weighted by Crippen LogP contribution is 2.23. The van der Waals surface area contributed by atoms with Crippen LogP contribution in [0.25, 0.3) is 0 Å². The molecule has 0 radical (unpaired) electrons. The lowest BCUT2D eigenvalue weighted by atomic mass is 9.90. The van der Waals surface area contributed by atoms with E-state index in [1.807, 2.05) is 0 Å². The zero-order valence-electron chi connectivity index (χ0n) is 8.14. The first kappa shape index (κ1) is 9.53. The number of nitrogens with one attached hydrogen (secondary N) is 1. The van der Waals surface area contributed by atoms with Crippen molar-refractivity contribution < 1.29 is 0 Å². The summed E-state index contributed by atoms with van der Waals surface area (Å²) in [5, 5.41) is 3.36. The van der Waals surface area contributed by atoms with Crippen molar-refractivity contribution in [1.29, 1.82) is 0 Å². The largest absolute Gasteiger partial charge is 0.313 e. The molecule has 0 saturated heterocycles. The van der Waals surface area contributed by atoms with Gasteiger partial charge in [-0.2, -0.15) is 0 Å². The van der Waals surface area contributed by atoms with Gasteiger partial charge in [-0.1, -0.05) is 30.2 Å². The summed E-state index contributed by atoms with van der Waals surface area (Å²) in [6, 6.07) is 0.634. The van der Waals surface area contributed by atoms with E-state index < -0.39 is 0 Å². The van der Waals surface area contributed by atoms with Crippen LogP contribution in [-0.4, -0.2) is 13.1 Å². The van der Waals surface area contributed by atoms with Crippen molar-refractivity contribution in [2.45, 2.75) is 38.6 Å². The molecule has 1 saturated carbocycles. The summed E-state index contributed by atoms with van der Waals surface area (Å²) in [6.45, 7) is 2.06. The van der Waals surface area contributed by atoms with Gasteiger partial charge < -0.3 is 5.32 Å². The maximum Gasteiger partial charge on any atom is 0.0279 e. The molecule has 0 amide bonds. The van der Waals surface area contributed by atoms with Gasteiger partial charge in [0.1, 0.15) is 0 Å². The molecule has 1 N–H and O–H groups in total. The van der Waals surface area contributed by atoms with E-state index in [1.54, 1.807) is 5.57 Å². The molecule has 1 aliphatic rings. The van der Waals surface area contributed by atoms with Crippen molar-refractivity contribution in [3.05, 3.63) is 23.8 Å². The molecule has 1 aliphatic carbocycles. The van der Waals surface area contributed by atoms with Crippen LogP contribution >= 0.6 is 0 Å². The Morgan fingerprint density at radius 3 is 2.92 bits per heavy atom. The second kappa shape index (κ2) is 5.15. The van der Waals surface area contributed by atoms with Gasteiger partial charge in [0.15, 0.2) is 0 Å². The monoisotopic (exact) mass is 165 g/mol. The zero-order valence-corrected chi connectivity index (χ0v) is 8.14. The Bertz CT molecular complexity index is 179. The first-order valence-electron chi connectivity index (χ1n) is 4.87. The second-order valence-electron chi connectivity index (χ2n) is 3.35. The summed E-state index contributed by atoms with van der Waals surface area (Å²) in [4.78, 5) is 0. The van der Waals surface area contributed by atoms with Crippen molar-refractivity contribution in [2.24, 2.45) is 0 Å². The van der Waals surface area contributed by atoms with E-state index in [-0.39, 0.29) is 0 Å². The van der Waals surface area contributed by atoms with Crippen LogP contribution in [0.4, 0.5) is 0 Å². The number of hydrogen-bond donors (Lipinski definition) is 1. The van der Waals surface area contributed by atoms with Crippen molar-refractivity contribution in [3.63, 3.8) is 0 Å². The Morgan fingerprint density at radius 1 is 1.42 bits per heavy atom. The molecular formula is C11H19N. The number of likely N-dealkylation sites (N-methyl/N-ethyl adjacent to an activating group) is 1. The maximum atomic E-state index is 3.36. The molecule has 0 aliphatic heterocycles. The van der Waals surface area contributed by atoms with Crippen molar-refractivity contribution in [1.82, 2.24) is 5.32 Å². The molecular weight excluding hydrogens is 146 g/mol. The summed E-state index contributed by atoms with van der Waals surface area (Å²) in [6.07, 6.45) is 11.8. The Hall–Kier alpha value is -0.560. The van der Waals surface area contributed by atoms with Crippen LogP contribution < -0.4 is 5.32 Å². The minimum absolute atomic E-state index is 0.634. The SMILES string of the molecule is C/C=C\C=C1/CCCCC1NC. The summed E-state index contributed by atoms with van der Waals surface area (Å²) < 4.78 is 0. The molecule has 1 heteroatoms. The van der Waals surface area contributed by atoms with Gasteiger partial charge in [-0.05, 0) is 33.2 Å². The Labute approximate surface area is 75.6 Å². The molecule has 68 valence electrons. The molecule has 0 spiro atoms. The van der Waals surface area contributed by atoms with Crippen LogP contribution in [0.3, 0.4) is 0 Å². The summed E-state index contributed by atoms with van der Waals surface area (Å²) in [7, 11) is 2.06. The predicted octanol–water partition coefficient (Wildman–Crippen LogP) is 2.65. The number of hydrogen-bond acceptors (Lipinski definition) is 1. The van der Waals surface area contributed by atoms with E-state index in [4.69, 9.17) is 0 Å². The van der Waals surface area contributed by atoms with E-state index in [2.05, 4.69) is 37.5 Å². The Balaban J connectivity index is 2.57. The van der Waals surface area contributed by atoms with Crippen LogP contribution in [0.15, 0.2) is 23.8 Å². The number of allylic oxidation sites excluding steroid dienone is 3. The lowest BCUT2D eigenvalue weighted by molar-refractivity contribution is 0.482. The van der Waals surface area contributed by atoms with Crippen molar-refractivity contribution in [2.75, 3.05) is 7.05 Å². The quantitative estimate of drug-likeness (QED) is 0.663. The number of rotatable bonds is 2. The van der Waals surface area contributed by atoms with E-state index >= 15 is 0 Å². The highest BCUT2D eigenvalue weighted by Gasteiger charge is 2.15. The van der Waals surface area contributed by atoms with Gasteiger partial charge in [0, 0.05) is 6.04 Å². The maximum absolute atomic E-state index is 3.36. The first-order chi connectivity index (χ1) is 5.88. The molecule has 12 heavy (non-hydrogen) atoms. The summed E-state index contributed by atoms with van der Waals surface area (Å²) >= 11 is 0. The van der Waals surface area contributed by atoms with Crippen LogP contribution in [-0.2, 0) is 0 Å². The molecule has 0 aromatic rings. The fraction of sp³-hybridized carbons (Fsp3) is 0.636. The third kappa shape index (κ3) is 2.49. The molecule has 1 atom stereocenters. The topological polar surface area (TPSA) is 12.0 Å². The van der Waals surface area contributed by atoms with Gasteiger partial charge in [0.25, 0.3) is 0 Å². The summed E-state index contributed by atoms with van der Waals surface area (Å²) in [5.41, 5.74) is 1.57. The average molecular weight is 165 g/mol. The first-order valence-corrected chi connectivity index (χ1v) is 4.87. The van der Waals surface area contributed by atoms with Crippen LogP contribution in [0.5, 0.6) is 0 Å². The van der Waals surface area contributed by atoms with Crippen LogP contribution in [0.2, 0.25) is 0 Å². The Kier molecular flexibility index (Phi) is 4.09. The third-order valence-corrected chi connectivity index (χ3v) is 2.51. The van der Waals surface area contributed by atoms with Gasteiger partial charge in [0.05, 0.1) is 0 Å². The molecule has 0 aromatic carbocycles. The standard InChI is InChI=1S/C11H19N/c1-3-4-7-10-8-5-6-9-11(10)12-2/h3-4,7,11-12H,5-6,8-9H2,1-2H3/b4-3-,10-7+. The van der Waals surface area contributed by atoms with Gasteiger partial charge in [0.2, 0.25) is 0 Å². The third-order valence-electron chi connectivity index (χ3n) is 2.51.